The molecule has 0 spiro atoms. The number of fused-ring (bicyclic) bond motifs is 1. The topological polar surface area (TPSA) is 82.5 Å². The Morgan fingerprint density at radius 2 is 1.50 bits per heavy atom. The van der Waals surface area contributed by atoms with Crippen LogP contribution in [-0.4, -0.2) is 20.5 Å². The Morgan fingerprint density at radius 3 is 2.19 bits per heavy atom. The molecule has 0 saturated carbocycles. The van der Waals surface area contributed by atoms with Gasteiger partial charge in [0, 0.05) is 22.2 Å². The van der Waals surface area contributed by atoms with E-state index in [0.29, 0.717) is 16.4 Å². The lowest BCUT2D eigenvalue weighted by Crippen LogP contribution is -2.11. The summed E-state index contributed by atoms with van der Waals surface area (Å²) in [6, 6.07) is 28.1. The van der Waals surface area contributed by atoms with E-state index >= 15 is 0 Å². The summed E-state index contributed by atoms with van der Waals surface area (Å²) in [5.74, 6) is 0.859. The highest BCUT2D eigenvalue weighted by molar-refractivity contribution is 6.30. The molecule has 0 aliphatic carbocycles. The van der Waals surface area contributed by atoms with E-state index in [1.165, 1.54) is 0 Å². The molecule has 0 atom stereocenters. The van der Waals surface area contributed by atoms with Crippen LogP contribution in [0.3, 0.4) is 0 Å². The minimum atomic E-state index is -0.610. The van der Waals surface area contributed by atoms with Crippen LogP contribution in [0.1, 0.15) is 10.5 Å². The fourth-order valence-electron chi connectivity index (χ4n) is 3.39. The third kappa shape index (κ3) is 3.91. The number of aromatic nitrogens is 3. The first-order valence-corrected chi connectivity index (χ1v) is 10.2. The van der Waals surface area contributed by atoms with Crippen LogP contribution in [0.25, 0.3) is 28.2 Å². The van der Waals surface area contributed by atoms with Gasteiger partial charge in [-0.05, 0) is 54.6 Å². The second kappa shape index (κ2) is 8.17. The van der Waals surface area contributed by atoms with Gasteiger partial charge in [-0.1, -0.05) is 41.9 Å². The number of ether oxygens (including phenoxy) is 1. The van der Waals surface area contributed by atoms with Crippen molar-refractivity contribution in [2.45, 2.75) is 0 Å². The van der Waals surface area contributed by atoms with Crippen LogP contribution in [0.5, 0.6) is 11.5 Å². The van der Waals surface area contributed by atoms with E-state index in [9.17, 15) is 4.79 Å². The number of carbonyl (C=O) groups excluding carboxylic acids is 1. The number of primary amides is 1. The number of nitrogens with zero attached hydrogens (tertiary/aromatic N) is 3. The lowest BCUT2D eigenvalue weighted by Gasteiger charge is -2.10. The zero-order valence-electron chi connectivity index (χ0n) is 16.8. The number of benzene rings is 3. The van der Waals surface area contributed by atoms with Crippen LogP contribution >= 0.6 is 11.6 Å². The number of carbonyl (C=O) groups is 1. The fourth-order valence-corrected chi connectivity index (χ4v) is 3.51. The zero-order valence-corrected chi connectivity index (χ0v) is 17.5. The highest BCUT2D eigenvalue weighted by Gasteiger charge is 2.15. The Balaban J connectivity index is 1.59. The molecule has 32 heavy (non-hydrogen) atoms. The van der Waals surface area contributed by atoms with Crippen molar-refractivity contribution in [3.8, 4) is 34.0 Å². The number of nitrogens with two attached hydrogens (primary N) is 1. The second-order valence-corrected chi connectivity index (χ2v) is 7.57. The molecule has 0 aliphatic rings. The predicted octanol–water partition coefficient (Wildman–Crippen LogP) is 5.61. The molecular formula is C25H17ClN4O2. The Hall–Kier alpha value is -4.16. The van der Waals surface area contributed by atoms with E-state index in [2.05, 4.69) is 10.1 Å². The van der Waals surface area contributed by atoms with Gasteiger partial charge in [0.05, 0.1) is 11.4 Å². The van der Waals surface area contributed by atoms with Gasteiger partial charge < -0.3 is 10.5 Å². The molecule has 3 aromatic carbocycles. The van der Waals surface area contributed by atoms with Crippen molar-refractivity contribution in [1.29, 1.82) is 0 Å². The molecule has 0 saturated heterocycles. The Bertz CT molecular complexity index is 1410. The van der Waals surface area contributed by atoms with E-state index in [1.807, 2.05) is 84.9 Å². The van der Waals surface area contributed by atoms with Gasteiger partial charge in [-0.3, -0.25) is 4.79 Å². The first-order valence-electron chi connectivity index (χ1n) is 9.87. The lowest BCUT2D eigenvalue weighted by molar-refractivity contribution is 0.0995. The van der Waals surface area contributed by atoms with Crippen LogP contribution in [0, 0.1) is 0 Å². The van der Waals surface area contributed by atoms with E-state index in [1.54, 1.807) is 10.6 Å². The minimum Gasteiger partial charge on any atom is -0.457 e. The monoisotopic (exact) mass is 440 g/mol. The standard InChI is InChI=1S/C25H17ClN4O2/c26-18-10-6-16(7-11-18)21-14-23(30-24(28-21)15-22(29-30)25(27)31)17-8-12-20(13-9-17)32-19-4-2-1-3-5-19/h1-15H,(H2,27,31). The molecule has 5 rings (SSSR count). The van der Waals surface area contributed by atoms with Crippen LogP contribution in [-0.2, 0) is 0 Å². The van der Waals surface area contributed by atoms with Gasteiger partial charge in [0.25, 0.3) is 5.91 Å². The third-order valence-corrected chi connectivity index (χ3v) is 5.20. The summed E-state index contributed by atoms with van der Waals surface area (Å²) in [5, 5.41) is 5.00. The molecule has 6 nitrogen and oxygen atoms in total. The van der Waals surface area contributed by atoms with E-state index in [0.717, 1.165) is 28.3 Å². The maximum Gasteiger partial charge on any atom is 0.269 e. The zero-order chi connectivity index (χ0) is 22.1. The smallest absolute Gasteiger partial charge is 0.269 e. The summed E-state index contributed by atoms with van der Waals surface area (Å²) in [7, 11) is 0. The molecule has 0 aliphatic heterocycles. The summed E-state index contributed by atoms with van der Waals surface area (Å²) in [4.78, 5) is 16.4. The van der Waals surface area contributed by atoms with Gasteiger partial charge in [0.15, 0.2) is 11.3 Å². The van der Waals surface area contributed by atoms with Crippen molar-refractivity contribution in [3.63, 3.8) is 0 Å². The van der Waals surface area contributed by atoms with Crippen LogP contribution in [0.15, 0.2) is 91.0 Å². The summed E-state index contributed by atoms with van der Waals surface area (Å²) in [6.07, 6.45) is 0. The van der Waals surface area contributed by atoms with Gasteiger partial charge in [-0.2, -0.15) is 5.10 Å². The SMILES string of the molecule is NC(=O)c1cc2nc(-c3ccc(Cl)cc3)cc(-c3ccc(Oc4ccccc4)cc3)n2n1. The van der Waals surface area contributed by atoms with Gasteiger partial charge in [0.2, 0.25) is 0 Å². The van der Waals surface area contributed by atoms with Gasteiger partial charge in [-0.25, -0.2) is 9.50 Å². The van der Waals surface area contributed by atoms with Gasteiger partial charge >= 0.3 is 0 Å². The minimum absolute atomic E-state index is 0.149. The number of rotatable bonds is 5. The molecule has 156 valence electrons. The van der Waals surface area contributed by atoms with Crippen LogP contribution < -0.4 is 10.5 Å². The Kier molecular flexibility index (Phi) is 5.05. The third-order valence-electron chi connectivity index (χ3n) is 4.95. The van der Waals surface area contributed by atoms with Crippen LogP contribution in [0.2, 0.25) is 5.02 Å². The second-order valence-electron chi connectivity index (χ2n) is 7.14. The highest BCUT2D eigenvalue weighted by Crippen LogP contribution is 2.29. The number of para-hydroxylation sites is 1. The number of amides is 1. The van der Waals surface area contributed by atoms with Crippen molar-refractivity contribution in [2.24, 2.45) is 5.73 Å². The molecular weight excluding hydrogens is 424 g/mol. The first kappa shape index (κ1) is 19.8. The molecule has 7 heteroatoms. The largest absolute Gasteiger partial charge is 0.457 e. The van der Waals surface area contributed by atoms with E-state index in [-0.39, 0.29) is 5.69 Å². The van der Waals surface area contributed by atoms with Crippen molar-refractivity contribution >= 4 is 23.2 Å². The molecule has 0 radical (unpaired) electrons. The molecule has 2 heterocycles. The molecule has 0 bridgehead atoms. The Morgan fingerprint density at radius 1 is 0.844 bits per heavy atom. The molecule has 5 aromatic rings. The van der Waals surface area contributed by atoms with Crippen LogP contribution in [0.4, 0.5) is 0 Å². The lowest BCUT2D eigenvalue weighted by atomic mass is 10.1. The number of hydrogen-bond acceptors (Lipinski definition) is 4. The molecule has 0 unspecified atom stereocenters. The maximum atomic E-state index is 11.7. The number of hydrogen-bond donors (Lipinski definition) is 1. The summed E-state index contributed by atoms with van der Waals surface area (Å²) < 4.78 is 7.51. The molecule has 0 fully saturated rings. The quantitative estimate of drug-likeness (QED) is 0.385. The van der Waals surface area contributed by atoms with E-state index in [4.69, 9.17) is 22.1 Å². The summed E-state index contributed by atoms with van der Waals surface area (Å²) >= 11 is 6.03. The van der Waals surface area contributed by atoms with Crippen molar-refractivity contribution in [2.75, 3.05) is 0 Å². The fraction of sp³-hybridized carbons (Fsp3) is 0. The van der Waals surface area contributed by atoms with Gasteiger partial charge in [-0.15, -0.1) is 0 Å². The number of halogens is 1. The normalized spacial score (nSPS) is 10.9. The average Bonchev–Trinajstić information content (AvgIpc) is 3.25. The molecule has 2 N–H and O–H groups in total. The molecule has 2 aromatic heterocycles. The van der Waals surface area contributed by atoms with E-state index < -0.39 is 5.91 Å². The average molecular weight is 441 g/mol. The van der Waals surface area contributed by atoms with Crippen molar-refractivity contribution in [3.05, 3.63) is 102 Å². The van der Waals surface area contributed by atoms with Gasteiger partial charge in [0.1, 0.15) is 11.5 Å². The predicted molar refractivity (Wildman–Crippen MR) is 124 cm³/mol. The highest BCUT2D eigenvalue weighted by atomic mass is 35.5. The van der Waals surface area contributed by atoms with Crippen molar-refractivity contribution < 1.29 is 9.53 Å². The van der Waals surface area contributed by atoms with Crippen molar-refractivity contribution in [1.82, 2.24) is 14.6 Å². The maximum absolute atomic E-state index is 11.7. The molecule has 1 amide bonds. The first-order chi connectivity index (χ1) is 15.6. The summed E-state index contributed by atoms with van der Waals surface area (Å²) in [6.45, 7) is 0. The Labute approximate surface area is 188 Å². The summed E-state index contributed by atoms with van der Waals surface area (Å²) in [5.41, 5.74) is 9.38.